The number of nitriles is 1. The molecule has 29 heteroatoms. The Balaban J connectivity index is 0.000000478. The minimum Gasteiger partial charge on any atom is -0.458 e. The summed E-state index contributed by atoms with van der Waals surface area (Å²) in [5, 5.41) is 18.9. The number of ether oxygens (including phenoxy) is 14. The van der Waals surface area contributed by atoms with Crippen LogP contribution in [0.15, 0.2) is 0 Å². The lowest BCUT2D eigenvalue weighted by atomic mass is 9.67. The van der Waals surface area contributed by atoms with Gasteiger partial charge in [0.25, 0.3) is 0 Å². The Kier molecular flexibility index (Phi) is 35.7. The number of carbonyl (C=O) groups is 13. The third-order valence-electron chi connectivity index (χ3n) is 26.0. The number of aliphatic hydroxyl groups is 1. The van der Waals surface area contributed by atoms with Gasteiger partial charge in [-0.05, 0) is 182 Å². The van der Waals surface area contributed by atoms with Crippen molar-refractivity contribution in [1.29, 1.82) is 5.26 Å². The quantitative estimate of drug-likeness (QED) is 0.0927. The Hall–Kier alpha value is -7.48. The first kappa shape index (κ1) is 103. The maximum absolute atomic E-state index is 12.1. The van der Waals surface area contributed by atoms with Gasteiger partial charge in [0.15, 0.2) is 37.4 Å². The van der Waals surface area contributed by atoms with E-state index in [1.807, 2.05) is 27.7 Å². The van der Waals surface area contributed by atoms with Crippen molar-refractivity contribution < 1.29 is 134 Å². The van der Waals surface area contributed by atoms with Gasteiger partial charge in [0.05, 0.1) is 45.7 Å². The van der Waals surface area contributed by atoms with Crippen LogP contribution in [0.4, 0.5) is 4.79 Å². The number of Topliss-reactive ketones (excluding diaryl/α,β-unsaturated/α-hetero) is 1. The molecule has 7 saturated heterocycles. The summed E-state index contributed by atoms with van der Waals surface area (Å²) in [6.45, 7) is 24.5. The van der Waals surface area contributed by atoms with E-state index in [0.717, 1.165) is 83.5 Å². The Morgan fingerprint density at radius 1 is 0.509 bits per heavy atom. The summed E-state index contributed by atoms with van der Waals surface area (Å²) in [5.74, 6) is -3.90. The van der Waals surface area contributed by atoms with E-state index in [1.165, 1.54) is 0 Å². The lowest BCUT2D eigenvalue weighted by Crippen LogP contribution is -2.45. The number of rotatable bonds is 19. The molecule has 7 heterocycles. The van der Waals surface area contributed by atoms with Crippen LogP contribution in [0, 0.1) is 96.6 Å². The fourth-order valence-corrected chi connectivity index (χ4v) is 17.5. The maximum atomic E-state index is 12.1. The van der Waals surface area contributed by atoms with Crippen molar-refractivity contribution >= 4 is 77.6 Å². The van der Waals surface area contributed by atoms with Gasteiger partial charge in [0, 0.05) is 41.4 Å². The zero-order valence-corrected chi connectivity index (χ0v) is 63.5. The van der Waals surface area contributed by atoms with Crippen molar-refractivity contribution in [1.82, 2.24) is 0 Å². The minimum atomic E-state index is -1.17. The molecule has 8 saturated carbocycles. The molecule has 21 unspecified atom stereocenters. The second-order valence-electron chi connectivity index (χ2n) is 34.5. The number of hydrogen-bond donors (Lipinski definition) is 1. The molecule has 8 bridgehead atoms. The Morgan fingerprint density at radius 3 is 1.50 bits per heavy atom. The SMILES string of the molecule is C.C.C.C.C.C.C.C.CCC(C)(C)C(=O)OC1C(=O)OC2C3OC(=O)OC3OC12.CCC(C)(C)C(=O)OCC(=O)OC1C2CC3C(=O)OC1C3C2.CCC(C)(C)C(=O)OCC(=O)OC1C2CC3C1OC(=O)C3(C#N)C2.CCC(C)(C)C(=O)OCC(=O)OC1C2CC3CC(C2)C(=O)OC1C3.CCC1(C)CC2(CCC(O)CC2)CC1=O. The van der Waals surface area contributed by atoms with Gasteiger partial charge in [0.2, 0.25) is 18.5 Å². The average molecular weight is 1620 g/mol. The number of nitrogens with zero attached hydrogens (tertiary/aromatic N) is 1. The molecule has 29 nitrogen and oxygen atoms in total. The van der Waals surface area contributed by atoms with Crippen molar-refractivity contribution in [3.05, 3.63) is 0 Å². The van der Waals surface area contributed by atoms with Gasteiger partial charge in [-0.15, -0.1) is 0 Å². The highest BCUT2D eigenvalue weighted by molar-refractivity contribution is 5.88. The van der Waals surface area contributed by atoms with Gasteiger partial charge >= 0.3 is 71.8 Å². The van der Waals surface area contributed by atoms with Gasteiger partial charge in [0.1, 0.15) is 42.4 Å². The fraction of sp³-hybridized carbons (Fsp3) is 0.835. The molecule has 21 atom stereocenters. The molecule has 15 rings (SSSR count). The van der Waals surface area contributed by atoms with Crippen LogP contribution in [-0.2, 0) is 124 Å². The molecule has 0 amide bonds. The molecular weight excluding hydrogens is 1480 g/mol. The number of hydrogen-bond acceptors (Lipinski definition) is 29. The van der Waals surface area contributed by atoms with E-state index < -0.39 is 143 Å². The van der Waals surface area contributed by atoms with Crippen molar-refractivity contribution in [3.63, 3.8) is 0 Å². The molecule has 1 spiro atoms. The molecule has 0 aromatic rings. The van der Waals surface area contributed by atoms with Crippen molar-refractivity contribution in [2.45, 2.75) is 352 Å². The summed E-state index contributed by atoms with van der Waals surface area (Å²) in [4.78, 5) is 154. The number of esters is 11. The molecular formula is C85H139NO28. The van der Waals surface area contributed by atoms with Crippen LogP contribution in [0.2, 0.25) is 0 Å². The Labute approximate surface area is 676 Å². The monoisotopic (exact) mass is 1620 g/mol. The highest BCUT2D eigenvalue weighted by Crippen LogP contribution is 2.63. The molecule has 1 N–H and O–H groups in total. The van der Waals surface area contributed by atoms with E-state index in [1.54, 1.807) is 55.4 Å². The standard InChI is InChI=1S/C18H26O6.C17H21NO6.C16H22O6.C13H16O8.C13H22O2.8CH4/c1-4-18(2,3)17(21)22-9-14(19)24-15-11-5-10-6-12(8-11)16(20)23-13(15)7-10;1-4-16(2,3)14(20)22-7-11(19)23-12-9-5-10-13(12)24-15(21)17(10,6-9)8-18;1-4-16(2,3)15(19)20-7-11(17)21-12-8-5-9-10(6-8)14(18)22-13(9)12;1-4-13(2,3)11(15)19-7-5-6(17-9(7)14)8-10(18-5)21-12(16)20-8;1-3-12(2)9-13(8-11(12)15)6-4-10(14)5-7-13;;;;;;;;/h10-13,15H,4-9H2,1-3H3;9-10,12-13H,4-7H2,1-3H3;8-10,12-13H,4-7H2,1-3H3;5-8,10H,4H2,1-3H3;10,14H,3-9H2,1-2H3;8*1H4. The van der Waals surface area contributed by atoms with Gasteiger partial charge in [-0.25, -0.2) is 24.0 Å². The largest absolute Gasteiger partial charge is 0.511 e. The van der Waals surface area contributed by atoms with Crippen molar-refractivity contribution in [2.75, 3.05) is 19.8 Å². The molecule has 114 heavy (non-hydrogen) atoms. The summed E-state index contributed by atoms with van der Waals surface area (Å²) in [6, 6.07) is 2.10. The topological polar surface area (TPSA) is 395 Å². The molecule has 0 radical (unpaired) electrons. The first-order valence-corrected chi connectivity index (χ1v) is 38.0. The predicted molar refractivity (Wildman–Crippen MR) is 415 cm³/mol. The van der Waals surface area contributed by atoms with E-state index in [9.17, 15) is 72.7 Å². The molecule has 652 valence electrons. The van der Waals surface area contributed by atoms with E-state index in [2.05, 4.69) is 19.9 Å². The molecule has 15 fully saturated rings. The number of fused-ring (bicyclic) bond motifs is 6. The van der Waals surface area contributed by atoms with Crippen molar-refractivity contribution in [2.24, 2.45) is 85.2 Å². The summed E-state index contributed by atoms with van der Waals surface area (Å²) >= 11 is 0. The Bertz CT molecular complexity index is 3470. The van der Waals surface area contributed by atoms with Crippen molar-refractivity contribution in [3.8, 4) is 6.07 Å². The van der Waals surface area contributed by atoms with Gasteiger partial charge in [-0.1, -0.05) is 101 Å². The second-order valence-corrected chi connectivity index (χ2v) is 34.5. The van der Waals surface area contributed by atoms with E-state index in [-0.39, 0.29) is 161 Å². The first-order chi connectivity index (χ1) is 49.7. The van der Waals surface area contributed by atoms with Crippen LogP contribution < -0.4 is 0 Å². The van der Waals surface area contributed by atoms with Crippen LogP contribution in [0.5, 0.6) is 0 Å². The maximum Gasteiger partial charge on any atom is 0.511 e. The smallest absolute Gasteiger partial charge is 0.458 e. The van der Waals surface area contributed by atoms with Crippen LogP contribution >= 0.6 is 0 Å². The van der Waals surface area contributed by atoms with E-state index >= 15 is 0 Å². The lowest BCUT2D eigenvalue weighted by molar-refractivity contribution is -0.180. The van der Waals surface area contributed by atoms with Crippen LogP contribution in [0.25, 0.3) is 0 Å². The highest BCUT2D eigenvalue weighted by atomic mass is 16.9. The zero-order valence-electron chi connectivity index (χ0n) is 63.5. The third-order valence-corrected chi connectivity index (χ3v) is 26.0. The molecule has 0 aromatic heterocycles. The molecule has 7 aliphatic heterocycles. The van der Waals surface area contributed by atoms with Gasteiger partial charge in [-0.2, -0.15) is 5.26 Å². The first-order valence-electron chi connectivity index (χ1n) is 38.0. The summed E-state index contributed by atoms with van der Waals surface area (Å²) in [6.07, 6.45) is 7.06. The van der Waals surface area contributed by atoms with Gasteiger partial charge < -0.3 is 71.4 Å². The third kappa shape index (κ3) is 20.9. The second kappa shape index (κ2) is 39.6. The molecule has 8 aliphatic carbocycles. The van der Waals surface area contributed by atoms with Crippen LogP contribution in [0.3, 0.4) is 0 Å². The number of aliphatic hydroxyl groups excluding tert-OH is 1. The average Bonchev–Trinajstić information content (AvgIpc) is 1.54. The van der Waals surface area contributed by atoms with E-state index in [4.69, 9.17) is 66.3 Å². The van der Waals surface area contributed by atoms with Crippen LogP contribution in [-0.4, -0.2) is 176 Å². The summed E-state index contributed by atoms with van der Waals surface area (Å²) in [7, 11) is 0. The predicted octanol–water partition coefficient (Wildman–Crippen LogP) is 13.3. The summed E-state index contributed by atoms with van der Waals surface area (Å²) < 4.78 is 73.1. The molecule has 0 aromatic carbocycles. The fourth-order valence-electron chi connectivity index (χ4n) is 17.5. The highest BCUT2D eigenvalue weighted by Gasteiger charge is 2.73. The van der Waals surface area contributed by atoms with Gasteiger partial charge in [-0.3, -0.25) is 38.4 Å². The molecule has 15 aliphatic rings. The number of ketones is 1. The summed E-state index contributed by atoms with van der Waals surface area (Å²) in [5.41, 5.74) is -3.47. The lowest BCUT2D eigenvalue weighted by Gasteiger charge is -2.41. The normalized spacial score (nSPS) is 34.7. The number of carbonyl (C=O) groups excluding carboxylic acids is 13. The zero-order chi connectivity index (χ0) is 77.7. The van der Waals surface area contributed by atoms with Crippen LogP contribution in [0.1, 0.15) is 278 Å². The van der Waals surface area contributed by atoms with E-state index in [0.29, 0.717) is 50.2 Å². The minimum absolute atomic E-state index is 0. The Morgan fingerprint density at radius 2 is 1.00 bits per heavy atom.